The van der Waals surface area contributed by atoms with Gasteiger partial charge in [-0.15, -0.1) is 0 Å². The maximum Gasteiger partial charge on any atom is 0.407 e. The molecule has 1 saturated heterocycles. The zero-order chi connectivity index (χ0) is 33.0. The fraction of sp³-hybridized carbons (Fsp3) is 0.343. The highest BCUT2D eigenvalue weighted by Crippen LogP contribution is 2.38. The van der Waals surface area contributed by atoms with Gasteiger partial charge in [-0.05, 0) is 81.4 Å². The molecule has 3 amide bonds. The highest BCUT2D eigenvalue weighted by atomic mass is 19.1. The van der Waals surface area contributed by atoms with E-state index < -0.39 is 17.5 Å². The first-order chi connectivity index (χ1) is 21.9. The Balaban J connectivity index is 1.37. The van der Waals surface area contributed by atoms with E-state index in [1.807, 2.05) is 48.5 Å². The van der Waals surface area contributed by atoms with Crippen LogP contribution in [0.4, 0.5) is 26.2 Å². The molecule has 0 unspecified atom stereocenters. The van der Waals surface area contributed by atoms with Crippen LogP contribution in [0.1, 0.15) is 37.5 Å². The van der Waals surface area contributed by atoms with Crippen LogP contribution < -0.4 is 20.9 Å². The van der Waals surface area contributed by atoms with Gasteiger partial charge in [-0.2, -0.15) is 0 Å². The molecular formula is C35H41FN6O4. The summed E-state index contributed by atoms with van der Waals surface area (Å²) in [4.78, 5) is 44.5. The minimum absolute atomic E-state index is 0.0146. The molecule has 2 heterocycles. The first kappa shape index (κ1) is 32.6. The zero-order valence-electron chi connectivity index (χ0n) is 26.9. The number of hydrogen-bond donors (Lipinski definition) is 3. The molecule has 242 valence electrons. The third-order valence-corrected chi connectivity index (χ3v) is 7.91. The topological polar surface area (TPSA) is 106 Å². The molecule has 3 N–H and O–H groups in total. The van der Waals surface area contributed by atoms with E-state index in [-0.39, 0.29) is 18.4 Å². The molecule has 1 fully saturated rings. The summed E-state index contributed by atoms with van der Waals surface area (Å²) in [6, 6.07) is 19.1. The van der Waals surface area contributed by atoms with E-state index >= 15 is 0 Å². The van der Waals surface area contributed by atoms with Crippen LogP contribution in [0.15, 0.2) is 66.7 Å². The Kier molecular flexibility index (Phi) is 9.74. The van der Waals surface area contributed by atoms with Gasteiger partial charge in [-0.3, -0.25) is 14.5 Å². The molecule has 2 aliphatic rings. The second-order valence-corrected chi connectivity index (χ2v) is 12.7. The van der Waals surface area contributed by atoms with Crippen molar-refractivity contribution < 1.29 is 23.5 Å². The van der Waals surface area contributed by atoms with E-state index in [0.717, 1.165) is 37.4 Å². The van der Waals surface area contributed by atoms with E-state index in [4.69, 9.17) is 4.74 Å². The van der Waals surface area contributed by atoms with E-state index in [1.165, 1.54) is 12.1 Å². The molecule has 3 aromatic rings. The molecule has 0 aliphatic carbocycles. The van der Waals surface area contributed by atoms with Gasteiger partial charge in [0.1, 0.15) is 11.4 Å². The van der Waals surface area contributed by atoms with Crippen LogP contribution in [0.2, 0.25) is 0 Å². The molecule has 0 radical (unpaired) electrons. The molecule has 2 aliphatic heterocycles. The molecule has 5 rings (SSSR count). The predicted molar refractivity (Wildman–Crippen MR) is 179 cm³/mol. The molecule has 0 bridgehead atoms. The molecule has 10 nitrogen and oxygen atoms in total. The maximum atomic E-state index is 14.0. The average molecular weight is 629 g/mol. The summed E-state index contributed by atoms with van der Waals surface area (Å²) < 4.78 is 19.3. The molecule has 11 heteroatoms. The van der Waals surface area contributed by atoms with Gasteiger partial charge >= 0.3 is 6.09 Å². The summed E-state index contributed by atoms with van der Waals surface area (Å²) >= 11 is 0. The molecule has 0 aromatic heterocycles. The number of anilines is 3. The number of likely N-dealkylation sites (N-methyl/N-ethyl adjacent to an activating group) is 2. The van der Waals surface area contributed by atoms with Crippen molar-refractivity contribution in [2.24, 2.45) is 0 Å². The minimum atomic E-state index is -0.602. The zero-order valence-corrected chi connectivity index (χ0v) is 26.9. The summed E-state index contributed by atoms with van der Waals surface area (Å²) in [6.07, 6.45) is -0.511. The van der Waals surface area contributed by atoms with Crippen LogP contribution >= 0.6 is 0 Å². The number of amides is 3. The number of alkyl carbamates (subject to hydrolysis) is 1. The summed E-state index contributed by atoms with van der Waals surface area (Å²) in [5.74, 6) is -0.788. The number of piperazine rings is 1. The van der Waals surface area contributed by atoms with Gasteiger partial charge in [0.2, 0.25) is 5.91 Å². The van der Waals surface area contributed by atoms with Crippen LogP contribution in [0, 0.1) is 5.82 Å². The molecule has 3 aromatic carbocycles. The first-order valence-corrected chi connectivity index (χ1v) is 15.3. The number of rotatable bonds is 8. The predicted octanol–water partition coefficient (Wildman–Crippen LogP) is 4.99. The van der Waals surface area contributed by atoms with E-state index in [1.54, 1.807) is 38.8 Å². The van der Waals surface area contributed by atoms with Gasteiger partial charge < -0.3 is 30.5 Å². The normalized spacial score (nSPS) is 16.3. The fourth-order valence-electron chi connectivity index (χ4n) is 5.31. The molecular weight excluding hydrogens is 587 g/mol. The van der Waals surface area contributed by atoms with Crippen LogP contribution in [-0.2, 0) is 20.9 Å². The van der Waals surface area contributed by atoms with Crippen molar-refractivity contribution >= 4 is 46.2 Å². The highest BCUT2D eigenvalue weighted by molar-refractivity contribution is 6.37. The summed E-state index contributed by atoms with van der Waals surface area (Å²) in [6.45, 7) is 9.64. The Morgan fingerprint density at radius 3 is 2.30 bits per heavy atom. The number of carbonyl (C=O) groups excluding carboxylic acids is 3. The van der Waals surface area contributed by atoms with E-state index in [0.29, 0.717) is 40.3 Å². The summed E-state index contributed by atoms with van der Waals surface area (Å²) in [5.41, 5.74) is 4.28. The van der Waals surface area contributed by atoms with Crippen molar-refractivity contribution in [1.82, 2.24) is 15.1 Å². The van der Waals surface area contributed by atoms with Gasteiger partial charge in [0.15, 0.2) is 0 Å². The van der Waals surface area contributed by atoms with Gasteiger partial charge in [0.25, 0.3) is 5.91 Å². The monoisotopic (exact) mass is 628 g/mol. The number of hydrogen-bond acceptors (Lipinski definition) is 7. The van der Waals surface area contributed by atoms with Gasteiger partial charge in [-0.25, -0.2) is 9.18 Å². The van der Waals surface area contributed by atoms with Crippen LogP contribution in [0.5, 0.6) is 0 Å². The Morgan fingerprint density at radius 2 is 1.65 bits per heavy atom. The van der Waals surface area contributed by atoms with Gasteiger partial charge in [-0.1, -0.05) is 24.3 Å². The van der Waals surface area contributed by atoms with Crippen molar-refractivity contribution in [1.29, 1.82) is 0 Å². The molecule has 0 atom stereocenters. The quantitative estimate of drug-likeness (QED) is 0.302. The van der Waals surface area contributed by atoms with Crippen LogP contribution in [0.3, 0.4) is 0 Å². The Hall–Kier alpha value is -4.74. The van der Waals surface area contributed by atoms with Crippen molar-refractivity contribution in [3.05, 3.63) is 89.2 Å². The van der Waals surface area contributed by atoms with Crippen LogP contribution in [0.25, 0.3) is 11.3 Å². The Bertz CT molecular complexity index is 1620. The van der Waals surface area contributed by atoms with Gasteiger partial charge in [0, 0.05) is 56.7 Å². The summed E-state index contributed by atoms with van der Waals surface area (Å²) in [5, 5.41) is 8.92. The number of halogens is 1. The molecule has 0 spiro atoms. The van der Waals surface area contributed by atoms with Crippen molar-refractivity contribution in [3.63, 3.8) is 0 Å². The van der Waals surface area contributed by atoms with Crippen molar-refractivity contribution in [2.75, 3.05) is 62.4 Å². The average Bonchev–Trinajstić information content (AvgIpc) is 3.33. The standard InChI is InChI=1S/C35H41FN6O4/c1-35(2,3)46-34(45)37-21-23-6-8-24(9-7-23)32(31-28-15-10-25(36)20-29(28)39-33(31)44)38-26-11-13-27(14-12-26)41(5)30(43)22-42-18-16-40(4)17-19-42/h6-15,20,38H,16-19,21-22H2,1-5H3,(H,37,45)(H,39,44). The van der Waals surface area contributed by atoms with Gasteiger partial charge in [0.05, 0.1) is 23.5 Å². The number of ether oxygens (including phenoxy) is 1. The Labute approximate surface area is 269 Å². The van der Waals surface area contributed by atoms with Crippen LogP contribution in [-0.4, -0.2) is 80.1 Å². The molecule has 46 heavy (non-hydrogen) atoms. The minimum Gasteiger partial charge on any atom is -0.444 e. The lowest BCUT2D eigenvalue weighted by atomic mass is 9.99. The summed E-state index contributed by atoms with van der Waals surface area (Å²) in [7, 11) is 3.86. The Morgan fingerprint density at radius 1 is 0.978 bits per heavy atom. The fourth-order valence-corrected chi connectivity index (χ4v) is 5.31. The largest absolute Gasteiger partial charge is 0.444 e. The lowest BCUT2D eigenvalue weighted by Gasteiger charge is -2.32. The SMILES string of the molecule is CN1CCN(CC(=O)N(C)c2ccc(NC(=C3C(=O)Nc4cc(F)ccc43)c3ccc(CNC(=O)OC(C)(C)C)cc3)cc2)CC1. The van der Waals surface area contributed by atoms with E-state index in [2.05, 4.69) is 32.8 Å². The number of nitrogens with one attached hydrogen (secondary N) is 3. The van der Waals surface area contributed by atoms with Crippen molar-refractivity contribution in [3.8, 4) is 0 Å². The second kappa shape index (κ2) is 13.7. The van der Waals surface area contributed by atoms with Crippen molar-refractivity contribution in [2.45, 2.75) is 32.9 Å². The van der Waals surface area contributed by atoms with E-state index in [9.17, 15) is 18.8 Å². The molecule has 0 saturated carbocycles. The maximum absolute atomic E-state index is 14.0. The third kappa shape index (κ3) is 8.09. The smallest absolute Gasteiger partial charge is 0.407 e. The number of benzene rings is 3. The number of nitrogens with zero attached hydrogens (tertiary/aromatic N) is 3. The number of fused-ring (bicyclic) bond motifs is 1. The lowest BCUT2D eigenvalue weighted by molar-refractivity contribution is -0.119. The number of carbonyl (C=O) groups is 3. The first-order valence-electron chi connectivity index (χ1n) is 15.3. The highest BCUT2D eigenvalue weighted by Gasteiger charge is 2.29. The second-order valence-electron chi connectivity index (χ2n) is 12.7. The lowest BCUT2D eigenvalue weighted by Crippen LogP contribution is -2.48. The third-order valence-electron chi connectivity index (χ3n) is 7.91.